The van der Waals surface area contributed by atoms with Crippen molar-refractivity contribution in [1.82, 2.24) is 10.5 Å². The molecule has 1 heterocycles. The second kappa shape index (κ2) is 8.24. The highest BCUT2D eigenvalue weighted by Crippen LogP contribution is 2.15. The largest absolute Gasteiger partial charge is 0.452 e. The van der Waals surface area contributed by atoms with Gasteiger partial charge in [0.05, 0.1) is 5.69 Å². The van der Waals surface area contributed by atoms with Gasteiger partial charge in [0.2, 0.25) is 0 Å². The van der Waals surface area contributed by atoms with E-state index < -0.39 is 11.9 Å². The molecule has 7 heteroatoms. The fourth-order valence-corrected chi connectivity index (χ4v) is 2.17. The Bertz CT molecular complexity index is 710. The second-order valence-electron chi connectivity index (χ2n) is 5.22. The van der Waals surface area contributed by atoms with Gasteiger partial charge in [0, 0.05) is 6.54 Å². The van der Waals surface area contributed by atoms with Crippen LogP contribution in [0.5, 0.6) is 0 Å². The normalized spacial score (nSPS) is 10.5. The summed E-state index contributed by atoms with van der Waals surface area (Å²) in [6.45, 7) is 3.45. The molecule has 0 aliphatic rings. The Morgan fingerprint density at radius 2 is 2.00 bits per heavy atom. The first kappa shape index (κ1) is 17.7. The van der Waals surface area contributed by atoms with Gasteiger partial charge in [-0.15, -0.1) is 0 Å². The highest BCUT2D eigenvalue weighted by atomic mass is 19.1. The number of amides is 1. The molecule has 6 nitrogen and oxygen atoms in total. The maximum absolute atomic E-state index is 12.8. The molecule has 0 bridgehead atoms. The van der Waals surface area contributed by atoms with Crippen LogP contribution in [-0.4, -0.2) is 30.2 Å². The van der Waals surface area contributed by atoms with E-state index in [1.807, 2.05) is 6.92 Å². The number of ether oxygens (including phenoxy) is 1. The quantitative estimate of drug-likeness (QED) is 0.785. The van der Waals surface area contributed by atoms with Crippen molar-refractivity contribution in [1.29, 1.82) is 0 Å². The summed E-state index contributed by atoms with van der Waals surface area (Å²) >= 11 is 0. The van der Waals surface area contributed by atoms with Crippen molar-refractivity contribution in [2.24, 2.45) is 0 Å². The predicted octanol–water partition coefficient (Wildman–Crippen LogP) is 2.20. The summed E-state index contributed by atoms with van der Waals surface area (Å²) in [5.41, 5.74) is 1.69. The monoisotopic (exact) mass is 334 g/mol. The fraction of sp³-hybridized carbons (Fsp3) is 0.353. The molecule has 1 aromatic heterocycles. The molecule has 0 spiro atoms. The van der Waals surface area contributed by atoms with Crippen LogP contribution in [0.4, 0.5) is 4.39 Å². The van der Waals surface area contributed by atoms with Crippen LogP contribution in [0.25, 0.3) is 0 Å². The highest BCUT2D eigenvalue weighted by molar-refractivity contribution is 5.93. The lowest BCUT2D eigenvalue weighted by molar-refractivity contribution is -0.124. The van der Waals surface area contributed by atoms with Crippen LogP contribution >= 0.6 is 0 Å². The van der Waals surface area contributed by atoms with Crippen molar-refractivity contribution in [2.45, 2.75) is 26.7 Å². The highest BCUT2D eigenvalue weighted by Gasteiger charge is 2.21. The Labute approximate surface area is 139 Å². The molecular weight excluding hydrogens is 315 g/mol. The lowest BCUT2D eigenvalue weighted by Gasteiger charge is -2.07. The molecule has 1 N–H and O–H groups in total. The number of benzene rings is 1. The Hall–Kier alpha value is -2.70. The number of carbonyl (C=O) groups is 2. The van der Waals surface area contributed by atoms with E-state index in [1.54, 1.807) is 19.1 Å². The topological polar surface area (TPSA) is 81.4 Å². The summed E-state index contributed by atoms with van der Waals surface area (Å²) < 4.78 is 22.7. The number of carbonyl (C=O) groups excluding carboxylic acids is 2. The molecular formula is C17H19FN2O4. The van der Waals surface area contributed by atoms with Crippen molar-refractivity contribution < 1.29 is 23.2 Å². The summed E-state index contributed by atoms with van der Waals surface area (Å²) in [6.07, 6.45) is 1.09. The van der Waals surface area contributed by atoms with Gasteiger partial charge in [0.25, 0.3) is 5.91 Å². The predicted molar refractivity (Wildman–Crippen MR) is 84.0 cm³/mol. The zero-order chi connectivity index (χ0) is 17.5. The van der Waals surface area contributed by atoms with Gasteiger partial charge in [-0.1, -0.05) is 24.2 Å². The molecule has 0 unspecified atom stereocenters. The molecule has 0 atom stereocenters. The molecule has 0 saturated carbocycles. The average Bonchev–Trinajstić information content (AvgIpc) is 2.95. The number of rotatable bonds is 7. The van der Waals surface area contributed by atoms with Gasteiger partial charge in [-0.25, -0.2) is 9.18 Å². The minimum atomic E-state index is -0.626. The van der Waals surface area contributed by atoms with Gasteiger partial charge < -0.3 is 14.6 Å². The van der Waals surface area contributed by atoms with Crippen LogP contribution in [0.3, 0.4) is 0 Å². The zero-order valence-electron chi connectivity index (χ0n) is 13.6. The van der Waals surface area contributed by atoms with Crippen molar-refractivity contribution >= 4 is 11.9 Å². The SMILES string of the molecule is CCc1noc(C)c1C(=O)OCC(=O)NCCc1ccc(F)cc1. The molecule has 2 rings (SSSR count). The molecule has 0 aliphatic carbocycles. The molecule has 1 aromatic carbocycles. The van der Waals surface area contributed by atoms with E-state index in [9.17, 15) is 14.0 Å². The molecule has 1 amide bonds. The fourth-order valence-electron chi connectivity index (χ4n) is 2.17. The molecule has 2 aromatic rings. The minimum Gasteiger partial charge on any atom is -0.452 e. The number of hydrogen-bond acceptors (Lipinski definition) is 5. The number of hydrogen-bond donors (Lipinski definition) is 1. The molecule has 24 heavy (non-hydrogen) atoms. The van der Waals surface area contributed by atoms with Gasteiger partial charge in [-0.3, -0.25) is 4.79 Å². The van der Waals surface area contributed by atoms with Crippen LogP contribution in [0.15, 0.2) is 28.8 Å². The maximum atomic E-state index is 12.8. The lowest BCUT2D eigenvalue weighted by Crippen LogP contribution is -2.30. The number of esters is 1. The Morgan fingerprint density at radius 1 is 1.29 bits per heavy atom. The third kappa shape index (κ3) is 4.65. The average molecular weight is 334 g/mol. The first-order chi connectivity index (χ1) is 11.5. The summed E-state index contributed by atoms with van der Waals surface area (Å²) in [5.74, 6) is -0.962. The van der Waals surface area contributed by atoms with Gasteiger partial charge in [0.1, 0.15) is 17.1 Å². The van der Waals surface area contributed by atoms with Crippen molar-refractivity contribution in [2.75, 3.05) is 13.2 Å². The third-order valence-electron chi connectivity index (χ3n) is 3.46. The van der Waals surface area contributed by atoms with E-state index >= 15 is 0 Å². The smallest absolute Gasteiger partial charge is 0.344 e. The van der Waals surface area contributed by atoms with E-state index in [0.717, 1.165) is 5.56 Å². The van der Waals surface area contributed by atoms with Crippen LogP contribution in [0.2, 0.25) is 0 Å². The first-order valence-electron chi connectivity index (χ1n) is 7.64. The standard InChI is InChI=1S/C17H19FN2O4/c1-3-14-16(11(2)24-20-14)17(22)23-10-15(21)19-9-8-12-4-6-13(18)7-5-12/h4-7H,3,8-10H2,1-2H3,(H,19,21). The molecule has 0 aliphatic heterocycles. The van der Waals surface area contributed by atoms with Gasteiger partial charge >= 0.3 is 5.97 Å². The van der Waals surface area contributed by atoms with Crippen molar-refractivity contribution in [3.8, 4) is 0 Å². The summed E-state index contributed by atoms with van der Waals surface area (Å²) in [5, 5.41) is 6.41. The Morgan fingerprint density at radius 3 is 2.67 bits per heavy atom. The van der Waals surface area contributed by atoms with Crippen LogP contribution in [0.1, 0.15) is 34.3 Å². The van der Waals surface area contributed by atoms with Crippen molar-refractivity contribution in [3.05, 3.63) is 52.7 Å². The van der Waals surface area contributed by atoms with Gasteiger partial charge in [-0.2, -0.15) is 0 Å². The first-order valence-corrected chi connectivity index (χ1v) is 7.64. The van der Waals surface area contributed by atoms with Crippen LogP contribution in [-0.2, 0) is 22.4 Å². The van der Waals surface area contributed by atoms with E-state index in [1.165, 1.54) is 12.1 Å². The Kier molecular flexibility index (Phi) is 6.06. The molecule has 0 saturated heterocycles. The van der Waals surface area contributed by atoms with Gasteiger partial charge in [-0.05, 0) is 37.5 Å². The number of nitrogens with one attached hydrogen (secondary N) is 1. The number of nitrogens with zero attached hydrogens (tertiary/aromatic N) is 1. The maximum Gasteiger partial charge on any atom is 0.344 e. The molecule has 128 valence electrons. The van der Waals surface area contributed by atoms with Gasteiger partial charge in [0.15, 0.2) is 6.61 Å². The van der Waals surface area contributed by atoms with Crippen LogP contribution < -0.4 is 5.32 Å². The molecule has 0 fully saturated rings. The van der Waals surface area contributed by atoms with Crippen LogP contribution in [0, 0.1) is 12.7 Å². The summed E-state index contributed by atoms with van der Waals surface area (Å²) in [7, 11) is 0. The molecule has 0 radical (unpaired) electrons. The summed E-state index contributed by atoms with van der Waals surface area (Å²) in [4.78, 5) is 23.7. The Balaban J connectivity index is 1.75. The van der Waals surface area contributed by atoms with E-state index in [-0.39, 0.29) is 18.0 Å². The number of aryl methyl sites for hydroxylation is 2. The van der Waals surface area contributed by atoms with E-state index in [0.29, 0.717) is 30.8 Å². The van der Waals surface area contributed by atoms with E-state index in [2.05, 4.69) is 10.5 Å². The van der Waals surface area contributed by atoms with Crippen molar-refractivity contribution in [3.63, 3.8) is 0 Å². The second-order valence-corrected chi connectivity index (χ2v) is 5.22. The third-order valence-corrected chi connectivity index (χ3v) is 3.46. The summed E-state index contributed by atoms with van der Waals surface area (Å²) in [6, 6.07) is 6.04. The zero-order valence-corrected chi connectivity index (χ0v) is 13.6. The number of aromatic nitrogens is 1. The minimum absolute atomic E-state index is 0.275. The van der Waals surface area contributed by atoms with E-state index in [4.69, 9.17) is 9.26 Å². The lowest BCUT2D eigenvalue weighted by atomic mass is 10.1. The number of halogens is 1.